The highest BCUT2D eigenvalue weighted by atomic mass is 16.1. The van der Waals surface area contributed by atoms with Crippen molar-refractivity contribution in [2.24, 2.45) is 0 Å². The fraction of sp³-hybridized carbons (Fsp3) is 0.269. The van der Waals surface area contributed by atoms with E-state index in [2.05, 4.69) is 33.2 Å². The lowest BCUT2D eigenvalue weighted by molar-refractivity contribution is 0.285. The summed E-state index contributed by atoms with van der Waals surface area (Å²) in [5, 5.41) is 4.18. The normalized spacial score (nSPS) is 16.2. The summed E-state index contributed by atoms with van der Waals surface area (Å²) in [6.45, 7) is 1.87. The predicted molar refractivity (Wildman–Crippen MR) is 131 cm³/mol. The molecule has 2 aromatic heterocycles. The number of anilines is 2. The van der Waals surface area contributed by atoms with Gasteiger partial charge < -0.3 is 10.2 Å². The van der Waals surface area contributed by atoms with E-state index in [9.17, 15) is 4.79 Å². The minimum absolute atomic E-state index is 0.0338. The molecule has 0 bridgehead atoms. The van der Waals surface area contributed by atoms with Gasteiger partial charge in [-0.1, -0.05) is 12.0 Å². The smallest absolute Gasteiger partial charge is 0.332 e. The van der Waals surface area contributed by atoms with Crippen LogP contribution in [-0.4, -0.2) is 43.6 Å². The van der Waals surface area contributed by atoms with Gasteiger partial charge in [-0.3, -0.25) is 9.13 Å². The predicted octanol–water partition coefficient (Wildman–Crippen LogP) is 3.79. The van der Waals surface area contributed by atoms with Gasteiger partial charge in [-0.15, -0.1) is 6.42 Å². The molecular formula is C26H26N6O. The summed E-state index contributed by atoms with van der Waals surface area (Å²) >= 11 is 0. The molecule has 1 N–H and O–H groups in total. The fourth-order valence-electron chi connectivity index (χ4n) is 4.53. The van der Waals surface area contributed by atoms with Crippen molar-refractivity contribution in [3.63, 3.8) is 0 Å². The molecule has 1 fully saturated rings. The molecule has 7 nitrogen and oxygen atoms in total. The van der Waals surface area contributed by atoms with E-state index < -0.39 is 0 Å². The summed E-state index contributed by atoms with van der Waals surface area (Å²) in [5.74, 6) is 3.33. The van der Waals surface area contributed by atoms with Gasteiger partial charge in [0.15, 0.2) is 0 Å². The second-order valence-electron chi connectivity index (χ2n) is 8.48. The highest BCUT2D eigenvalue weighted by molar-refractivity contribution is 5.91. The Labute approximate surface area is 192 Å². The molecule has 7 heteroatoms. The molecule has 4 aromatic rings. The van der Waals surface area contributed by atoms with Crippen LogP contribution in [0.1, 0.15) is 24.8 Å². The Bertz CT molecular complexity index is 1400. The van der Waals surface area contributed by atoms with Gasteiger partial charge in [0.2, 0.25) is 0 Å². The number of fused-ring (bicyclic) bond motifs is 1. The van der Waals surface area contributed by atoms with Crippen molar-refractivity contribution in [1.82, 2.24) is 24.0 Å². The zero-order valence-electron chi connectivity index (χ0n) is 18.6. The number of benzene rings is 2. The van der Waals surface area contributed by atoms with Crippen molar-refractivity contribution in [3.8, 4) is 18.0 Å². The molecule has 0 amide bonds. The van der Waals surface area contributed by atoms with E-state index in [-0.39, 0.29) is 5.69 Å². The lowest BCUT2D eigenvalue weighted by Crippen LogP contribution is -2.29. The molecule has 1 aliphatic heterocycles. The minimum atomic E-state index is -0.0338. The molecule has 1 atom stereocenters. The first-order valence-corrected chi connectivity index (χ1v) is 11.2. The molecule has 33 heavy (non-hydrogen) atoms. The highest BCUT2D eigenvalue weighted by Gasteiger charge is 2.20. The van der Waals surface area contributed by atoms with Crippen LogP contribution in [0.25, 0.3) is 16.6 Å². The second-order valence-corrected chi connectivity index (χ2v) is 8.48. The third-order valence-electron chi connectivity index (χ3n) is 6.41. The summed E-state index contributed by atoms with van der Waals surface area (Å²) in [4.78, 5) is 24.2. The average molecular weight is 439 g/mol. The second kappa shape index (κ2) is 8.93. The van der Waals surface area contributed by atoms with Crippen molar-refractivity contribution in [1.29, 1.82) is 0 Å². The monoisotopic (exact) mass is 438 g/mol. The number of terminal acetylenes is 1. The molecule has 0 aliphatic carbocycles. The van der Waals surface area contributed by atoms with E-state index in [4.69, 9.17) is 6.42 Å². The number of aromatic nitrogens is 4. The molecule has 2 aromatic carbocycles. The van der Waals surface area contributed by atoms with Crippen molar-refractivity contribution in [3.05, 3.63) is 77.2 Å². The van der Waals surface area contributed by atoms with Crippen molar-refractivity contribution in [2.75, 3.05) is 18.9 Å². The van der Waals surface area contributed by atoms with E-state index in [0.29, 0.717) is 11.9 Å². The Morgan fingerprint density at radius 1 is 1.18 bits per heavy atom. The molecule has 1 unspecified atom stereocenters. The van der Waals surface area contributed by atoms with Crippen LogP contribution in [0, 0.1) is 12.3 Å². The molecule has 5 rings (SSSR count). The van der Waals surface area contributed by atoms with Gasteiger partial charge in [-0.25, -0.2) is 14.8 Å². The maximum atomic E-state index is 13.0. The summed E-state index contributed by atoms with van der Waals surface area (Å²) < 4.78 is 3.46. The third-order valence-corrected chi connectivity index (χ3v) is 6.41. The van der Waals surface area contributed by atoms with Crippen LogP contribution in [0.15, 0.2) is 66.0 Å². The van der Waals surface area contributed by atoms with Crippen molar-refractivity contribution >= 4 is 22.4 Å². The van der Waals surface area contributed by atoms with Gasteiger partial charge in [0, 0.05) is 41.6 Å². The van der Waals surface area contributed by atoms with Gasteiger partial charge >= 0.3 is 5.69 Å². The van der Waals surface area contributed by atoms with Crippen LogP contribution < -0.4 is 11.0 Å². The van der Waals surface area contributed by atoms with Crippen LogP contribution in [0.2, 0.25) is 0 Å². The van der Waals surface area contributed by atoms with Gasteiger partial charge in [0.05, 0.1) is 11.2 Å². The summed E-state index contributed by atoms with van der Waals surface area (Å²) in [7, 11) is 2.16. The Hall–Kier alpha value is -3.89. The first-order chi connectivity index (χ1) is 16.1. The summed E-state index contributed by atoms with van der Waals surface area (Å²) in [6.07, 6.45) is 14.2. The number of rotatable bonds is 6. The van der Waals surface area contributed by atoms with E-state index in [1.54, 1.807) is 9.13 Å². The van der Waals surface area contributed by atoms with Crippen LogP contribution >= 0.6 is 0 Å². The van der Waals surface area contributed by atoms with Crippen molar-refractivity contribution in [2.45, 2.75) is 31.8 Å². The first kappa shape index (κ1) is 21.0. The summed E-state index contributed by atoms with van der Waals surface area (Å²) in [6, 6.07) is 14.0. The number of hydrogen-bond acceptors (Lipinski definition) is 5. The maximum absolute atomic E-state index is 13.0. The Balaban J connectivity index is 1.39. The largest absolute Gasteiger partial charge is 0.340 e. The minimum Gasteiger partial charge on any atom is -0.340 e. The molecule has 0 spiro atoms. The van der Waals surface area contributed by atoms with Crippen molar-refractivity contribution < 1.29 is 0 Å². The van der Waals surface area contributed by atoms with E-state index in [0.717, 1.165) is 47.4 Å². The number of nitrogens with one attached hydrogen (secondary N) is 1. The first-order valence-electron chi connectivity index (χ1n) is 11.2. The number of hydrogen-bond donors (Lipinski definition) is 1. The van der Waals surface area contributed by atoms with Gasteiger partial charge in [-0.2, -0.15) is 0 Å². The van der Waals surface area contributed by atoms with Gasteiger partial charge in [0.25, 0.3) is 0 Å². The van der Waals surface area contributed by atoms with Gasteiger partial charge in [-0.05, 0) is 69.3 Å². The zero-order chi connectivity index (χ0) is 22.8. The van der Waals surface area contributed by atoms with E-state index >= 15 is 0 Å². The standard InChI is InChI=1S/C26H26N6O/c1-3-19-6-4-7-20(16-19)29-25-23-10-9-22(17-24(23)27-18-28-25)32-15-14-31(26(32)33)13-11-21-8-5-12-30(21)2/h1,4,6-7,9-10,14-18,21H,5,8,11-13H2,2H3,(H,27,28,29). The topological polar surface area (TPSA) is 68.0 Å². The molecule has 0 saturated carbocycles. The Morgan fingerprint density at radius 3 is 2.91 bits per heavy atom. The molecule has 0 radical (unpaired) electrons. The Kier molecular flexibility index (Phi) is 5.68. The quantitative estimate of drug-likeness (QED) is 0.464. The lowest BCUT2D eigenvalue weighted by Gasteiger charge is -2.18. The van der Waals surface area contributed by atoms with Crippen LogP contribution in [-0.2, 0) is 6.54 Å². The van der Waals surface area contributed by atoms with Crippen LogP contribution in [0.5, 0.6) is 0 Å². The molecule has 1 aliphatic rings. The fourth-order valence-corrected chi connectivity index (χ4v) is 4.53. The molecule has 166 valence electrons. The van der Waals surface area contributed by atoms with Crippen LogP contribution in [0.4, 0.5) is 11.5 Å². The molecular weight excluding hydrogens is 412 g/mol. The number of aryl methyl sites for hydroxylation is 1. The van der Waals surface area contributed by atoms with Gasteiger partial charge in [0.1, 0.15) is 12.1 Å². The number of likely N-dealkylation sites (tertiary alicyclic amines) is 1. The molecule has 3 heterocycles. The zero-order valence-corrected chi connectivity index (χ0v) is 18.6. The number of nitrogens with zero attached hydrogens (tertiary/aromatic N) is 5. The Morgan fingerprint density at radius 2 is 2.09 bits per heavy atom. The highest BCUT2D eigenvalue weighted by Crippen LogP contribution is 2.25. The summed E-state index contributed by atoms with van der Waals surface area (Å²) in [5.41, 5.74) is 3.15. The SMILES string of the molecule is C#Cc1cccc(Nc2ncnc3cc(-n4ccn(CCC5CCCN5C)c4=O)ccc23)c1. The third kappa shape index (κ3) is 4.26. The van der Waals surface area contributed by atoms with E-state index in [1.165, 1.54) is 19.2 Å². The average Bonchev–Trinajstić information content (AvgIpc) is 3.42. The van der Waals surface area contributed by atoms with Crippen LogP contribution in [0.3, 0.4) is 0 Å². The number of imidazole rings is 1. The lowest BCUT2D eigenvalue weighted by atomic mass is 10.1. The van der Waals surface area contributed by atoms with E-state index in [1.807, 2.05) is 54.9 Å². The maximum Gasteiger partial charge on any atom is 0.332 e. The molecule has 1 saturated heterocycles.